The third-order valence-electron chi connectivity index (χ3n) is 2.51. The normalized spacial score (nSPS) is 15.7. The summed E-state index contributed by atoms with van der Waals surface area (Å²) in [5.74, 6) is 1.13. The van der Waals surface area contributed by atoms with Gasteiger partial charge in [0.25, 0.3) is 0 Å². The summed E-state index contributed by atoms with van der Waals surface area (Å²) in [4.78, 5) is 4.53. The van der Waals surface area contributed by atoms with Crippen molar-refractivity contribution in [2.45, 2.75) is 25.7 Å². The van der Waals surface area contributed by atoms with Gasteiger partial charge in [-0.2, -0.15) is 0 Å². The molecular weight excluding hydrogens is 288 g/mol. The Kier molecular flexibility index (Phi) is 5.85. The van der Waals surface area contributed by atoms with E-state index in [0.29, 0.717) is 0 Å². The molecule has 1 aliphatic rings. The molecule has 0 aromatic heterocycles. The topological polar surface area (TPSA) is 24.4 Å². The van der Waals surface area contributed by atoms with Gasteiger partial charge in [-0.1, -0.05) is 22.4 Å². The van der Waals surface area contributed by atoms with Gasteiger partial charge in [-0.05, 0) is 37.1 Å². The molecule has 0 unspecified atom stereocenters. The lowest BCUT2D eigenvalue weighted by atomic mass is 10.2. The summed E-state index contributed by atoms with van der Waals surface area (Å²) in [6.07, 6.45) is 4.86. The van der Waals surface area contributed by atoms with Crippen LogP contribution in [0.15, 0.2) is 33.7 Å². The molecule has 0 radical (unpaired) electrons. The van der Waals surface area contributed by atoms with Crippen LogP contribution in [0.4, 0.5) is 5.69 Å². The predicted octanol–water partition coefficient (Wildman–Crippen LogP) is 4.26. The smallest absolute Gasteiger partial charge is 0.101 e. The molecule has 1 aromatic rings. The van der Waals surface area contributed by atoms with E-state index >= 15 is 0 Å². The molecule has 1 aromatic carbocycles. The molecule has 0 fully saturated rings. The van der Waals surface area contributed by atoms with Crippen LogP contribution in [-0.4, -0.2) is 12.4 Å². The van der Waals surface area contributed by atoms with Crippen molar-refractivity contribution in [3.63, 3.8) is 0 Å². The second-order valence-corrected chi connectivity index (χ2v) is 4.69. The summed E-state index contributed by atoms with van der Waals surface area (Å²) in [7, 11) is 0. The minimum atomic E-state index is 0. The van der Waals surface area contributed by atoms with Gasteiger partial charge in [0.15, 0.2) is 0 Å². The predicted molar refractivity (Wildman–Crippen MR) is 75.8 cm³/mol. The van der Waals surface area contributed by atoms with Crippen molar-refractivity contribution in [3.8, 4) is 0 Å². The molecule has 88 valence electrons. The number of aliphatic imine (C=N–C) groups is 1. The summed E-state index contributed by atoms with van der Waals surface area (Å²) < 4.78 is 1.11. The van der Waals surface area contributed by atoms with E-state index in [1.807, 2.05) is 12.1 Å². The Balaban J connectivity index is 0.00000128. The van der Waals surface area contributed by atoms with Crippen LogP contribution in [-0.2, 0) is 0 Å². The highest BCUT2D eigenvalue weighted by Crippen LogP contribution is 2.16. The first-order chi connectivity index (χ1) is 7.34. The minimum Gasteiger partial charge on any atom is -0.344 e. The van der Waals surface area contributed by atoms with Gasteiger partial charge in [0, 0.05) is 23.1 Å². The average molecular weight is 304 g/mol. The first-order valence-electron chi connectivity index (χ1n) is 5.40. The van der Waals surface area contributed by atoms with Crippen molar-refractivity contribution in [1.82, 2.24) is 0 Å². The molecular formula is C12H16BrClN2. The summed E-state index contributed by atoms with van der Waals surface area (Å²) in [6.45, 7) is 0.971. The fourth-order valence-corrected chi connectivity index (χ4v) is 1.94. The molecule has 0 aliphatic carbocycles. The fourth-order valence-electron chi connectivity index (χ4n) is 1.68. The van der Waals surface area contributed by atoms with Crippen LogP contribution in [0.25, 0.3) is 0 Å². The van der Waals surface area contributed by atoms with Crippen LogP contribution in [0.3, 0.4) is 0 Å². The van der Waals surface area contributed by atoms with Crippen molar-refractivity contribution in [2.24, 2.45) is 4.99 Å². The molecule has 4 heteroatoms. The molecule has 0 amide bonds. The molecule has 1 aliphatic heterocycles. The van der Waals surface area contributed by atoms with Crippen LogP contribution in [0, 0.1) is 0 Å². The molecule has 2 rings (SSSR count). The summed E-state index contributed by atoms with van der Waals surface area (Å²) >= 11 is 3.43. The molecule has 16 heavy (non-hydrogen) atoms. The minimum absolute atomic E-state index is 0. The summed E-state index contributed by atoms with van der Waals surface area (Å²) in [5.41, 5.74) is 1.12. The molecule has 2 nitrogen and oxygen atoms in total. The first-order valence-corrected chi connectivity index (χ1v) is 6.20. The molecule has 1 N–H and O–H groups in total. The van der Waals surface area contributed by atoms with Gasteiger partial charge >= 0.3 is 0 Å². The molecule has 0 atom stereocenters. The van der Waals surface area contributed by atoms with Crippen molar-refractivity contribution in [3.05, 3.63) is 28.7 Å². The van der Waals surface area contributed by atoms with Crippen LogP contribution in [0.5, 0.6) is 0 Å². The number of nitrogens with one attached hydrogen (secondary N) is 1. The van der Waals surface area contributed by atoms with E-state index in [1.165, 1.54) is 19.3 Å². The largest absolute Gasteiger partial charge is 0.344 e. The van der Waals surface area contributed by atoms with Gasteiger partial charge in [-0.15, -0.1) is 12.4 Å². The number of benzene rings is 1. The third-order valence-corrected chi connectivity index (χ3v) is 3.04. The highest BCUT2D eigenvalue weighted by Gasteiger charge is 2.03. The number of halogens is 2. The van der Waals surface area contributed by atoms with E-state index in [9.17, 15) is 0 Å². The molecule has 1 heterocycles. The second kappa shape index (κ2) is 6.92. The third kappa shape index (κ3) is 4.14. The molecule has 0 saturated heterocycles. The Morgan fingerprint density at radius 1 is 1.06 bits per heavy atom. The number of nitrogens with zero attached hydrogens (tertiary/aromatic N) is 1. The zero-order chi connectivity index (χ0) is 10.5. The number of anilines is 1. The second-order valence-electron chi connectivity index (χ2n) is 3.77. The van der Waals surface area contributed by atoms with Crippen molar-refractivity contribution < 1.29 is 0 Å². The number of amidine groups is 1. The van der Waals surface area contributed by atoms with Crippen LogP contribution >= 0.6 is 28.3 Å². The van der Waals surface area contributed by atoms with E-state index in [1.54, 1.807) is 0 Å². The molecule has 0 bridgehead atoms. The average Bonchev–Trinajstić information content (AvgIpc) is 2.50. The van der Waals surface area contributed by atoms with Gasteiger partial charge < -0.3 is 5.32 Å². The highest BCUT2D eigenvalue weighted by molar-refractivity contribution is 9.10. The van der Waals surface area contributed by atoms with Crippen molar-refractivity contribution in [2.75, 3.05) is 11.9 Å². The van der Waals surface area contributed by atoms with Gasteiger partial charge in [-0.3, -0.25) is 4.99 Å². The van der Waals surface area contributed by atoms with Crippen molar-refractivity contribution >= 4 is 39.9 Å². The highest BCUT2D eigenvalue weighted by atomic mass is 79.9. The van der Waals surface area contributed by atoms with Crippen LogP contribution < -0.4 is 5.32 Å². The SMILES string of the molecule is Brc1ccc(NC2=NCCCCC2)cc1.Cl. The molecule has 0 spiro atoms. The Hall–Kier alpha value is -0.540. The van der Waals surface area contributed by atoms with Crippen molar-refractivity contribution in [1.29, 1.82) is 0 Å². The Morgan fingerprint density at radius 2 is 1.81 bits per heavy atom. The first kappa shape index (κ1) is 13.5. The van der Waals surface area contributed by atoms with E-state index < -0.39 is 0 Å². The number of rotatable bonds is 1. The van der Waals surface area contributed by atoms with Crippen LogP contribution in [0.2, 0.25) is 0 Å². The van der Waals surface area contributed by atoms with E-state index in [0.717, 1.165) is 29.0 Å². The monoisotopic (exact) mass is 302 g/mol. The standard InChI is InChI=1S/C12H15BrN2.ClH/c13-10-5-7-11(8-6-10)15-12-4-2-1-3-9-14-12;/h5-8H,1-4,9H2,(H,14,15);1H. The van der Waals surface area contributed by atoms with Gasteiger partial charge in [0.05, 0.1) is 0 Å². The zero-order valence-corrected chi connectivity index (χ0v) is 11.5. The lowest BCUT2D eigenvalue weighted by molar-refractivity contribution is 0.731. The number of hydrogen-bond donors (Lipinski definition) is 1. The van der Waals surface area contributed by atoms with E-state index in [-0.39, 0.29) is 12.4 Å². The lowest BCUT2D eigenvalue weighted by Crippen LogP contribution is -2.11. The van der Waals surface area contributed by atoms with Gasteiger partial charge in [0.2, 0.25) is 0 Å². The Morgan fingerprint density at radius 3 is 2.56 bits per heavy atom. The van der Waals surface area contributed by atoms with Gasteiger partial charge in [0.1, 0.15) is 5.84 Å². The Labute approximate surface area is 111 Å². The maximum atomic E-state index is 4.53. The maximum Gasteiger partial charge on any atom is 0.101 e. The summed E-state index contributed by atoms with van der Waals surface area (Å²) in [6, 6.07) is 8.22. The lowest BCUT2D eigenvalue weighted by Gasteiger charge is -2.07. The summed E-state index contributed by atoms with van der Waals surface area (Å²) in [5, 5.41) is 3.38. The Bertz CT molecular complexity index is 349. The fraction of sp³-hybridized carbons (Fsp3) is 0.417. The van der Waals surface area contributed by atoms with E-state index in [2.05, 4.69) is 38.4 Å². The van der Waals surface area contributed by atoms with E-state index in [4.69, 9.17) is 0 Å². The molecule has 0 saturated carbocycles. The quantitative estimate of drug-likeness (QED) is 0.824. The number of hydrogen-bond acceptors (Lipinski definition) is 2. The maximum absolute atomic E-state index is 4.53. The zero-order valence-electron chi connectivity index (χ0n) is 9.08. The van der Waals surface area contributed by atoms with Gasteiger partial charge in [-0.25, -0.2) is 0 Å². The van der Waals surface area contributed by atoms with Crippen LogP contribution in [0.1, 0.15) is 25.7 Å².